The summed E-state index contributed by atoms with van der Waals surface area (Å²) in [4.78, 5) is 51.9. The zero-order valence-electron chi connectivity index (χ0n) is 22.6. The number of ether oxygens (including phenoxy) is 3. The molecule has 2 saturated carbocycles. The Balaban J connectivity index is 1.72. The summed E-state index contributed by atoms with van der Waals surface area (Å²) < 4.78 is 22.9. The largest absolute Gasteiger partial charge is 0.479 e. The molecular weight excluding hydrogens is 496 g/mol. The number of carboxylic acid groups (broad SMARTS) is 1. The summed E-state index contributed by atoms with van der Waals surface area (Å²) >= 11 is 0. The van der Waals surface area contributed by atoms with Gasteiger partial charge >= 0.3 is 17.9 Å². The van der Waals surface area contributed by atoms with E-state index in [1.165, 1.54) is 19.5 Å². The molecule has 1 aromatic heterocycles. The van der Waals surface area contributed by atoms with Gasteiger partial charge in [0.25, 0.3) is 0 Å². The second kappa shape index (κ2) is 8.14. The number of aliphatic hydroxyl groups is 1. The summed E-state index contributed by atoms with van der Waals surface area (Å²) in [5.74, 6) is -3.55. The topological polar surface area (TPSA) is 153 Å². The predicted octanol–water partition coefficient (Wildman–Crippen LogP) is 3.21. The highest BCUT2D eigenvalue weighted by Crippen LogP contribution is 2.77. The van der Waals surface area contributed by atoms with Crippen LogP contribution < -0.4 is 0 Å². The fraction of sp³-hybridized carbons (Fsp3) is 0.714. The van der Waals surface area contributed by atoms with Gasteiger partial charge in [0.1, 0.15) is 23.1 Å². The van der Waals surface area contributed by atoms with Crippen LogP contribution in [0.5, 0.6) is 0 Å². The van der Waals surface area contributed by atoms with Gasteiger partial charge in [-0.3, -0.25) is 14.4 Å². The molecule has 9 unspecified atom stereocenters. The molecule has 2 aliphatic heterocycles. The number of furan rings is 1. The van der Waals surface area contributed by atoms with Gasteiger partial charge in [-0.1, -0.05) is 13.8 Å². The van der Waals surface area contributed by atoms with Crippen LogP contribution in [0.15, 0.2) is 23.0 Å². The number of fused-ring (bicyclic) bond motifs is 4. The van der Waals surface area contributed by atoms with Crippen molar-refractivity contribution >= 4 is 23.7 Å². The molecule has 208 valence electrons. The molecule has 3 heterocycles. The van der Waals surface area contributed by atoms with Gasteiger partial charge in [0.2, 0.25) is 0 Å². The van der Waals surface area contributed by atoms with E-state index in [9.17, 15) is 29.4 Å². The van der Waals surface area contributed by atoms with Gasteiger partial charge in [0.05, 0.1) is 30.5 Å². The zero-order chi connectivity index (χ0) is 28.1. The number of hydrogen-bond donors (Lipinski definition) is 2. The van der Waals surface area contributed by atoms with E-state index >= 15 is 0 Å². The number of aliphatic hydroxyl groups excluding tert-OH is 1. The number of Topliss-reactive ketones (excluding diaryl/α,β-unsaturated/α-hetero) is 1. The summed E-state index contributed by atoms with van der Waals surface area (Å²) in [5, 5.41) is 21.8. The Bertz CT molecular complexity index is 1190. The van der Waals surface area contributed by atoms with Crippen LogP contribution in [0.3, 0.4) is 0 Å². The Kier molecular flexibility index (Phi) is 5.76. The van der Waals surface area contributed by atoms with Crippen LogP contribution in [0.25, 0.3) is 0 Å². The van der Waals surface area contributed by atoms with E-state index in [1.807, 2.05) is 6.92 Å². The first-order valence-corrected chi connectivity index (χ1v) is 13.1. The average Bonchev–Trinajstić information content (AvgIpc) is 3.38. The third-order valence-electron chi connectivity index (χ3n) is 10.6. The Morgan fingerprint density at radius 2 is 1.79 bits per heavy atom. The Morgan fingerprint density at radius 1 is 1.11 bits per heavy atom. The lowest BCUT2D eigenvalue weighted by molar-refractivity contribution is -0.227. The van der Waals surface area contributed by atoms with Crippen LogP contribution in [0.2, 0.25) is 0 Å². The molecule has 10 heteroatoms. The van der Waals surface area contributed by atoms with E-state index < -0.39 is 75.5 Å². The first-order chi connectivity index (χ1) is 17.6. The molecular formula is C28H36O10. The molecule has 1 aromatic rings. The van der Waals surface area contributed by atoms with E-state index in [-0.39, 0.29) is 18.6 Å². The van der Waals surface area contributed by atoms with Gasteiger partial charge < -0.3 is 28.8 Å². The van der Waals surface area contributed by atoms with Gasteiger partial charge in [-0.15, -0.1) is 0 Å². The molecule has 9 atom stereocenters. The minimum absolute atomic E-state index is 0.0309. The Hall–Kier alpha value is -2.72. The maximum Gasteiger partial charge on any atom is 0.335 e. The predicted molar refractivity (Wildman–Crippen MR) is 129 cm³/mol. The van der Waals surface area contributed by atoms with Crippen molar-refractivity contribution in [2.75, 3.05) is 0 Å². The van der Waals surface area contributed by atoms with Gasteiger partial charge in [-0.05, 0) is 45.6 Å². The van der Waals surface area contributed by atoms with Crippen molar-refractivity contribution in [2.24, 2.45) is 28.1 Å². The van der Waals surface area contributed by atoms with Crippen LogP contribution in [-0.4, -0.2) is 57.3 Å². The molecule has 0 amide bonds. The van der Waals surface area contributed by atoms with Crippen LogP contribution >= 0.6 is 0 Å². The lowest BCUT2D eigenvalue weighted by Gasteiger charge is -2.65. The van der Waals surface area contributed by atoms with E-state index in [2.05, 4.69) is 0 Å². The van der Waals surface area contributed by atoms with Gasteiger partial charge in [0.15, 0.2) is 6.10 Å². The van der Waals surface area contributed by atoms with Gasteiger partial charge in [-0.25, -0.2) is 4.79 Å². The number of aliphatic carboxylic acids is 1. The number of ketones is 1. The van der Waals surface area contributed by atoms with Gasteiger partial charge in [-0.2, -0.15) is 0 Å². The highest BCUT2D eigenvalue weighted by molar-refractivity contribution is 5.92. The molecule has 0 radical (unpaired) electrons. The SMILES string of the molecule is CC(=O)OC1CC(=O)OC(C)(C)C2CC(=O)C3(C)C(CCC(C)(C(O)c4ccoc4)C34OC4C(=O)O)C12C. The van der Waals surface area contributed by atoms with E-state index in [4.69, 9.17) is 18.6 Å². The standard InChI is InChI=1S/C28H36O10/c1-14(29)36-19-12-20(31)37-24(2,3)17-11-18(30)27(6)16(26(17,19)5)7-9-25(4,21(32)15-8-10-35-13-15)28(27)22(38-28)23(33)34/h8,10,13,16-17,19,21-22,32H,7,9,11-12H2,1-6H3,(H,33,34). The maximum absolute atomic E-state index is 14.4. The minimum atomic E-state index is -1.54. The normalized spacial score (nSPS) is 44.3. The van der Waals surface area contributed by atoms with Crippen LogP contribution in [0.4, 0.5) is 0 Å². The van der Waals surface area contributed by atoms with Crippen molar-refractivity contribution in [3.8, 4) is 0 Å². The number of epoxide rings is 1. The molecule has 2 aliphatic carbocycles. The molecule has 1 spiro atoms. The molecule has 4 aliphatic rings. The number of cyclic esters (lactones) is 1. The maximum atomic E-state index is 14.4. The van der Waals surface area contributed by atoms with Crippen molar-refractivity contribution in [2.45, 2.75) is 96.7 Å². The van der Waals surface area contributed by atoms with Crippen LogP contribution in [0.1, 0.15) is 78.9 Å². The third kappa shape index (κ3) is 3.19. The zero-order valence-corrected chi connectivity index (χ0v) is 22.6. The molecule has 10 nitrogen and oxygen atoms in total. The lowest BCUT2D eigenvalue weighted by Crippen LogP contribution is -2.71. The van der Waals surface area contributed by atoms with Crippen molar-refractivity contribution in [3.05, 3.63) is 24.2 Å². The quantitative estimate of drug-likeness (QED) is 0.436. The number of rotatable bonds is 4. The minimum Gasteiger partial charge on any atom is -0.479 e. The van der Waals surface area contributed by atoms with Crippen LogP contribution in [0, 0.1) is 28.1 Å². The van der Waals surface area contributed by atoms with E-state index in [1.54, 1.807) is 33.8 Å². The fourth-order valence-electron chi connectivity index (χ4n) is 8.90. The number of esters is 2. The summed E-state index contributed by atoms with van der Waals surface area (Å²) in [6.45, 7) is 10.2. The molecule has 2 saturated heterocycles. The summed E-state index contributed by atoms with van der Waals surface area (Å²) in [7, 11) is 0. The first-order valence-electron chi connectivity index (χ1n) is 13.1. The van der Waals surface area contributed by atoms with Crippen molar-refractivity contribution in [1.29, 1.82) is 0 Å². The molecule has 38 heavy (non-hydrogen) atoms. The third-order valence-corrected chi connectivity index (χ3v) is 10.6. The lowest BCUT2D eigenvalue weighted by atomic mass is 9.37. The molecule has 2 N–H and O–H groups in total. The average molecular weight is 533 g/mol. The Labute approximate surface area is 221 Å². The van der Waals surface area contributed by atoms with Gasteiger partial charge in [0, 0.05) is 35.7 Å². The first kappa shape index (κ1) is 26.9. The van der Waals surface area contributed by atoms with Crippen molar-refractivity contribution in [3.63, 3.8) is 0 Å². The highest BCUT2D eigenvalue weighted by atomic mass is 16.6. The highest BCUT2D eigenvalue weighted by Gasteiger charge is 2.86. The summed E-state index contributed by atoms with van der Waals surface area (Å²) in [6.07, 6.45) is -0.0325. The summed E-state index contributed by atoms with van der Waals surface area (Å²) in [6, 6.07) is 1.61. The Morgan fingerprint density at radius 3 is 2.34 bits per heavy atom. The number of hydrogen-bond acceptors (Lipinski definition) is 9. The molecule has 5 rings (SSSR count). The second-order valence-electron chi connectivity index (χ2n) is 12.7. The summed E-state index contributed by atoms with van der Waals surface area (Å²) in [5.41, 5.74) is -5.59. The fourth-order valence-corrected chi connectivity index (χ4v) is 8.90. The van der Waals surface area contributed by atoms with Crippen molar-refractivity contribution < 1.29 is 48.0 Å². The smallest absolute Gasteiger partial charge is 0.335 e. The number of carbonyl (C=O) groups excluding carboxylic acids is 3. The van der Waals surface area contributed by atoms with Crippen molar-refractivity contribution in [1.82, 2.24) is 0 Å². The molecule has 0 bridgehead atoms. The van der Waals surface area contributed by atoms with Crippen LogP contribution in [-0.2, 0) is 33.4 Å². The molecule has 4 fully saturated rings. The monoisotopic (exact) mass is 532 g/mol. The number of carboxylic acids is 1. The number of carbonyl (C=O) groups is 4. The van der Waals surface area contributed by atoms with E-state index in [0.717, 1.165) is 0 Å². The molecule has 0 aromatic carbocycles. The second-order valence-corrected chi connectivity index (χ2v) is 12.7. The van der Waals surface area contributed by atoms with E-state index in [0.29, 0.717) is 18.4 Å².